The minimum absolute atomic E-state index is 0.210. The number of carbonyl (C=O) groups excluding carboxylic acids is 1. The third-order valence-electron chi connectivity index (χ3n) is 3.88. The normalized spacial score (nSPS) is 10.9. The summed E-state index contributed by atoms with van der Waals surface area (Å²) in [5.41, 5.74) is 0.899. The Kier molecular flexibility index (Phi) is 4.17. The number of aromatic nitrogens is 5. The van der Waals surface area contributed by atoms with Gasteiger partial charge in [-0.3, -0.25) is 9.59 Å². The van der Waals surface area contributed by atoms with E-state index in [4.69, 9.17) is 0 Å². The molecule has 0 aliphatic rings. The number of nitrogens with zero attached hydrogens (tertiary/aromatic N) is 5. The van der Waals surface area contributed by atoms with E-state index in [-0.39, 0.29) is 23.4 Å². The molecule has 2 heterocycles. The molecule has 0 atom stereocenters. The standard InChI is InChI=1S/C18H13FN6O2/c19-12-6-8-14(9-7-12)25-17-15(10-20-25)18(27)24(23-22-17)11-16(26)21-13-4-2-1-3-5-13/h1-10H,11H2,(H,21,26). The van der Waals surface area contributed by atoms with Gasteiger partial charge in [0.2, 0.25) is 5.91 Å². The first-order chi connectivity index (χ1) is 13.1. The Morgan fingerprint density at radius 2 is 1.81 bits per heavy atom. The highest BCUT2D eigenvalue weighted by molar-refractivity contribution is 5.90. The van der Waals surface area contributed by atoms with Crippen LogP contribution in [-0.4, -0.2) is 30.7 Å². The number of rotatable bonds is 4. The second-order valence-electron chi connectivity index (χ2n) is 5.74. The molecule has 0 saturated carbocycles. The van der Waals surface area contributed by atoms with Crippen molar-refractivity contribution >= 4 is 22.6 Å². The smallest absolute Gasteiger partial charge is 0.281 e. The molecule has 9 heteroatoms. The first-order valence-electron chi connectivity index (χ1n) is 8.04. The van der Waals surface area contributed by atoms with E-state index < -0.39 is 11.5 Å². The number of para-hydroxylation sites is 1. The second kappa shape index (κ2) is 6.79. The third kappa shape index (κ3) is 3.30. The van der Waals surface area contributed by atoms with Crippen LogP contribution in [0.15, 0.2) is 65.6 Å². The Bertz CT molecular complexity index is 1170. The monoisotopic (exact) mass is 364 g/mol. The summed E-state index contributed by atoms with van der Waals surface area (Å²) in [5, 5.41) is 14.8. The average molecular weight is 364 g/mol. The number of halogens is 1. The lowest BCUT2D eigenvalue weighted by molar-refractivity contribution is -0.117. The molecule has 0 bridgehead atoms. The summed E-state index contributed by atoms with van der Waals surface area (Å²) in [7, 11) is 0. The van der Waals surface area contributed by atoms with Crippen LogP contribution in [0.1, 0.15) is 0 Å². The van der Waals surface area contributed by atoms with E-state index in [0.717, 1.165) is 4.68 Å². The highest BCUT2D eigenvalue weighted by atomic mass is 19.1. The van der Waals surface area contributed by atoms with Crippen LogP contribution < -0.4 is 10.9 Å². The van der Waals surface area contributed by atoms with Crippen LogP contribution in [-0.2, 0) is 11.3 Å². The maximum atomic E-state index is 13.1. The van der Waals surface area contributed by atoms with Crippen LogP contribution in [0.3, 0.4) is 0 Å². The summed E-state index contributed by atoms with van der Waals surface area (Å²) in [6, 6.07) is 14.5. The first kappa shape index (κ1) is 16.6. The van der Waals surface area contributed by atoms with Gasteiger partial charge in [0, 0.05) is 5.69 Å². The number of benzene rings is 2. The van der Waals surface area contributed by atoms with Crippen LogP contribution in [0.5, 0.6) is 0 Å². The van der Waals surface area contributed by atoms with Gasteiger partial charge < -0.3 is 5.32 Å². The molecule has 1 N–H and O–H groups in total. The molecule has 0 saturated heterocycles. The minimum Gasteiger partial charge on any atom is -0.324 e. The largest absolute Gasteiger partial charge is 0.324 e. The topological polar surface area (TPSA) is 94.7 Å². The summed E-state index contributed by atoms with van der Waals surface area (Å²) in [6.45, 7) is -0.279. The molecule has 0 fully saturated rings. The maximum Gasteiger partial charge on any atom is 0.281 e. The first-order valence-corrected chi connectivity index (χ1v) is 8.04. The molecule has 0 unspecified atom stereocenters. The van der Waals surface area contributed by atoms with Gasteiger partial charge in [-0.15, -0.1) is 5.10 Å². The molecule has 0 radical (unpaired) electrons. The Morgan fingerprint density at radius 1 is 1.07 bits per heavy atom. The lowest BCUT2D eigenvalue weighted by Gasteiger charge is -2.06. The van der Waals surface area contributed by atoms with Gasteiger partial charge in [0.1, 0.15) is 17.7 Å². The average Bonchev–Trinajstić information content (AvgIpc) is 3.10. The van der Waals surface area contributed by atoms with Crippen LogP contribution in [0.25, 0.3) is 16.7 Å². The van der Waals surface area contributed by atoms with Crippen molar-refractivity contribution in [2.24, 2.45) is 0 Å². The Hall–Kier alpha value is -3.88. The van der Waals surface area contributed by atoms with Crippen LogP contribution in [0, 0.1) is 5.82 Å². The van der Waals surface area contributed by atoms with Gasteiger partial charge in [-0.25, -0.2) is 13.8 Å². The van der Waals surface area contributed by atoms with Crippen LogP contribution in [0.2, 0.25) is 0 Å². The third-order valence-corrected chi connectivity index (χ3v) is 3.88. The summed E-state index contributed by atoms with van der Waals surface area (Å²) in [4.78, 5) is 24.7. The summed E-state index contributed by atoms with van der Waals surface area (Å²) in [6.07, 6.45) is 1.35. The zero-order chi connectivity index (χ0) is 18.8. The van der Waals surface area contributed by atoms with E-state index >= 15 is 0 Å². The van der Waals surface area contributed by atoms with Gasteiger partial charge >= 0.3 is 0 Å². The molecule has 2 aromatic carbocycles. The molecule has 134 valence electrons. The van der Waals surface area contributed by atoms with E-state index in [1.807, 2.05) is 6.07 Å². The number of hydrogen-bond donors (Lipinski definition) is 1. The SMILES string of the molecule is O=C(Cn1nnc2c(cnn2-c2ccc(F)cc2)c1=O)Nc1ccccc1. The number of nitrogens with one attached hydrogen (secondary N) is 1. The van der Waals surface area contributed by atoms with E-state index in [1.54, 1.807) is 24.3 Å². The lowest BCUT2D eigenvalue weighted by Crippen LogP contribution is -2.30. The van der Waals surface area contributed by atoms with Crippen molar-refractivity contribution in [2.45, 2.75) is 6.54 Å². The molecule has 8 nitrogen and oxygen atoms in total. The summed E-state index contributed by atoms with van der Waals surface area (Å²) < 4.78 is 15.4. The van der Waals surface area contributed by atoms with Gasteiger partial charge in [0.15, 0.2) is 5.65 Å². The number of carbonyl (C=O) groups is 1. The fourth-order valence-electron chi connectivity index (χ4n) is 2.60. The molecule has 0 aliphatic heterocycles. The Labute approximate surface area is 151 Å². The van der Waals surface area contributed by atoms with Gasteiger partial charge in [0.05, 0.1) is 11.9 Å². The number of hydrogen-bond acceptors (Lipinski definition) is 5. The summed E-state index contributed by atoms with van der Waals surface area (Å²) >= 11 is 0. The van der Waals surface area contributed by atoms with Gasteiger partial charge in [-0.05, 0) is 36.4 Å². The van der Waals surface area contributed by atoms with Crippen LogP contribution >= 0.6 is 0 Å². The van der Waals surface area contributed by atoms with E-state index in [2.05, 4.69) is 20.7 Å². The molecular weight excluding hydrogens is 351 g/mol. The van der Waals surface area contributed by atoms with E-state index in [1.165, 1.54) is 35.1 Å². The predicted molar refractivity (Wildman–Crippen MR) is 95.9 cm³/mol. The van der Waals surface area contributed by atoms with Crippen molar-refractivity contribution < 1.29 is 9.18 Å². The Morgan fingerprint density at radius 3 is 2.56 bits per heavy atom. The van der Waals surface area contributed by atoms with Crippen molar-refractivity contribution in [3.05, 3.63) is 77.0 Å². The Balaban J connectivity index is 1.62. The molecule has 2 aromatic heterocycles. The highest BCUT2D eigenvalue weighted by Crippen LogP contribution is 2.13. The molecule has 1 amide bonds. The van der Waals surface area contributed by atoms with Gasteiger partial charge in [-0.1, -0.05) is 23.4 Å². The molecule has 0 spiro atoms. The van der Waals surface area contributed by atoms with E-state index in [0.29, 0.717) is 11.4 Å². The summed E-state index contributed by atoms with van der Waals surface area (Å²) in [5.74, 6) is -0.782. The number of fused-ring (bicyclic) bond motifs is 1. The zero-order valence-corrected chi connectivity index (χ0v) is 13.9. The lowest BCUT2D eigenvalue weighted by atomic mass is 10.3. The van der Waals surface area contributed by atoms with E-state index in [9.17, 15) is 14.0 Å². The fourth-order valence-corrected chi connectivity index (χ4v) is 2.60. The predicted octanol–water partition coefficient (Wildman–Crippen LogP) is 1.75. The molecule has 4 aromatic rings. The van der Waals surface area contributed by atoms with Crippen LogP contribution in [0.4, 0.5) is 10.1 Å². The maximum absolute atomic E-state index is 13.1. The molecule has 27 heavy (non-hydrogen) atoms. The number of amides is 1. The van der Waals surface area contributed by atoms with Crippen molar-refractivity contribution in [1.29, 1.82) is 0 Å². The highest BCUT2D eigenvalue weighted by Gasteiger charge is 2.14. The fraction of sp³-hybridized carbons (Fsp3) is 0.0556. The zero-order valence-electron chi connectivity index (χ0n) is 13.9. The van der Waals surface area contributed by atoms with Gasteiger partial charge in [0.25, 0.3) is 5.56 Å². The van der Waals surface area contributed by atoms with Crippen molar-refractivity contribution in [3.8, 4) is 5.69 Å². The van der Waals surface area contributed by atoms with Crippen molar-refractivity contribution in [2.75, 3.05) is 5.32 Å². The minimum atomic E-state index is -0.489. The quantitative estimate of drug-likeness (QED) is 0.595. The molecule has 4 rings (SSSR count). The van der Waals surface area contributed by atoms with Crippen molar-refractivity contribution in [3.63, 3.8) is 0 Å². The molecule has 0 aliphatic carbocycles. The van der Waals surface area contributed by atoms with Gasteiger partial charge in [-0.2, -0.15) is 5.10 Å². The molecular formula is C18H13FN6O2. The van der Waals surface area contributed by atoms with Crippen molar-refractivity contribution in [1.82, 2.24) is 24.8 Å². The second-order valence-corrected chi connectivity index (χ2v) is 5.74. The number of anilines is 1.